The summed E-state index contributed by atoms with van der Waals surface area (Å²) in [5.74, 6) is -1.10. The highest BCUT2D eigenvalue weighted by molar-refractivity contribution is 5.82. The minimum absolute atomic E-state index is 0.116. The molecule has 0 spiro atoms. The van der Waals surface area contributed by atoms with Crippen molar-refractivity contribution >= 4 is 11.9 Å². The largest absolute Gasteiger partial charge is 0.481 e. The zero-order valence-electron chi connectivity index (χ0n) is 10.3. The number of carbonyl (C=O) groups is 2. The summed E-state index contributed by atoms with van der Waals surface area (Å²) in [5, 5.41) is 15.1. The monoisotopic (exact) mass is 254 g/mol. The van der Waals surface area contributed by atoms with Crippen LogP contribution in [-0.2, 0) is 16.6 Å². The van der Waals surface area contributed by atoms with E-state index in [1.54, 1.807) is 24.1 Å². The minimum Gasteiger partial charge on any atom is -0.481 e. The van der Waals surface area contributed by atoms with E-state index < -0.39 is 12.0 Å². The summed E-state index contributed by atoms with van der Waals surface area (Å²) in [7, 11) is 1.75. The Morgan fingerprint density at radius 2 is 2.28 bits per heavy atom. The second kappa shape index (κ2) is 6.75. The standard InChI is InChI=1S/C11H18N4O3/c1-15-7-8(6-14-15)10(12)11(18)13-5-3-2-4-9(16)17/h6-7,10H,2-5,12H2,1H3,(H,13,18)(H,16,17). The van der Waals surface area contributed by atoms with Gasteiger partial charge in [-0.15, -0.1) is 0 Å². The Labute approximate surface area is 105 Å². The van der Waals surface area contributed by atoms with E-state index in [-0.39, 0.29) is 12.3 Å². The van der Waals surface area contributed by atoms with Crippen LogP contribution in [0.25, 0.3) is 0 Å². The number of carboxylic acid groups (broad SMARTS) is 1. The molecule has 0 fully saturated rings. The summed E-state index contributed by atoms with van der Waals surface area (Å²) in [6, 6.07) is -0.738. The van der Waals surface area contributed by atoms with Gasteiger partial charge in [-0.05, 0) is 12.8 Å². The molecule has 0 aliphatic carbocycles. The van der Waals surface area contributed by atoms with Crippen molar-refractivity contribution in [1.82, 2.24) is 15.1 Å². The normalized spacial score (nSPS) is 12.1. The average Bonchev–Trinajstić information content (AvgIpc) is 2.73. The lowest BCUT2D eigenvalue weighted by Crippen LogP contribution is -2.34. The van der Waals surface area contributed by atoms with Gasteiger partial charge < -0.3 is 16.2 Å². The second-order valence-corrected chi connectivity index (χ2v) is 4.07. The number of hydrogen-bond donors (Lipinski definition) is 3. The number of aryl methyl sites for hydroxylation is 1. The van der Waals surface area contributed by atoms with Crippen LogP contribution in [-0.4, -0.2) is 33.3 Å². The van der Waals surface area contributed by atoms with Crippen LogP contribution in [0.1, 0.15) is 30.9 Å². The minimum atomic E-state index is -0.826. The molecule has 1 aromatic rings. The first kappa shape index (κ1) is 14.2. The Kier molecular flexibility index (Phi) is 5.31. The van der Waals surface area contributed by atoms with E-state index in [9.17, 15) is 9.59 Å². The van der Waals surface area contributed by atoms with E-state index >= 15 is 0 Å². The molecule has 0 aliphatic heterocycles. The molecule has 0 aliphatic rings. The van der Waals surface area contributed by atoms with Crippen molar-refractivity contribution in [1.29, 1.82) is 0 Å². The first-order valence-corrected chi connectivity index (χ1v) is 5.74. The van der Waals surface area contributed by atoms with Gasteiger partial charge in [0.2, 0.25) is 5.91 Å². The quantitative estimate of drug-likeness (QED) is 0.583. The third-order valence-electron chi connectivity index (χ3n) is 2.48. The summed E-state index contributed by atoms with van der Waals surface area (Å²) in [6.07, 6.45) is 4.52. The van der Waals surface area contributed by atoms with Crippen molar-refractivity contribution < 1.29 is 14.7 Å². The zero-order valence-corrected chi connectivity index (χ0v) is 10.3. The van der Waals surface area contributed by atoms with Crippen LogP contribution in [0.2, 0.25) is 0 Å². The van der Waals surface area contributed by atoms with Gasteiger partial charge in [0.1, 0.15) is 6.04 Å². The molecule has 0 bridgehead atoms. The van der Waals surface area contributed by atoms with Crippen molar-refractivity contribution in [3.8, 4) is 0 Å². The Balaban J connectivity index is 2.26. The highest BCUT2D eigenvalue weighted by Crippen LogP contribution is 2.08. The van der Waals surface area contributed by atoms with Gasteiger partial charge in [0.25, 0.3) is 0 Å². The first-order chi connectivity index (χ1) is 8.50. The predicted octanol–water partition coefficient (Wildman–Crippen LogP) is -0.209. The number of aromatic nitrogens is 2. The maximum atomic E-state index is 11.7. The molecule has 7 heteroatoms. The number of hydrogen-bond acceptors (Lipinski definition) is 4. The maximum absolute atomic E-state index is 11.7. The number of nitrogens with two attached hydrogens (primary N) is 1. The number of rotatable bonds is 7. The smallest absolute Gasteiger partial charge is 0.303 e. The summed E-state index contributed by atoms with van der Waals surface area (Å²) in [4.78, 5) is 21.9. The molecule has 0 radical (unpaired) electrons. The maximum Gasteiger partial charge on any atom is 0.303 e. The first-order valence-electron chi connectivity index (χ1n) is 5.74. The average molecular weight is 254 g/mol. The summed E-state index contributed by atoms with van der Waals surface area (Å²) in [5.41, 5.74) is 6.41. The molecule has 4 N–H and O–H groups in total. The van der Waals surface area contributed by atoms with Crippen LogP contribution in [0.5, 0.6) is 0 Å². The van der Waals surface area contributed by atoms with E-state index in [1.165, 1.54) is 0 Å². The number of aliphatic carboxylic acids is 1. The van der Waals surface area contributed by atoms with Crippen molar-refractivity contribution in [2.75, 3.05) is 6.54 Å². The SMILES string of the molecule is Cn1cc(C(N)C(=O)NCCCCC(=O)O)cn1. The second-order valence-electron chi connectivity index (χ2n) is 4.07. The van der Waals surface area contributed by atoms with Crippen molar-refractivity contribution in [3.05, 3.63) is 18.0 Å². The summed E-state index contributed by atoms with van der Waals surface area (Å²) in [6.45, 7) is 0.431. The van der Waals surface area contributed by atoms with Gasteiger partial charge in [-0.25, -0.2) is 0 Å². The van der Waals surface area contributed by atoms with Gasteiger partial charge in [0, 0.05) is 31.8 Å². The van der Waals surface area contributed by atoms with Crippen LogP contribution >= 0.6 is 0 Å². The molecular formula is C11H18N4O3. The molecule has 1 unspecified atom stereocenters. The van der Waals surface area contributed by atoms with Crippen molar-refractivity contribution in [2.45, 2.75) is 25.3 Å². The van der Waals surface area contributed by atoms with Crippen molar-refractivity contribution in [2.24, 2.45) is 12.8 Å². The molecule has 0 saturated heterocycles. The predicted molar refractivity (Wildman–Crippen MR) is 64.6 cm³/mol. The lowest BCUT2D eigenvalue weighted by molar-refractivity contribution is -0.137. The summed E-state index contributed by atoms with van der Waals surface area (Å²) < 4.78 is 1.58. The number of carbonyl (C=O) groups excluding carboxylic acids is 1. The zero-order chi connectivity index (χ0) is 13.5. The van der Waals surface area contributed by atoms with Gasteiger partial charge in [0.05, 0.1) is 6.20 Å². The molecule has 1 atom stereocenters. The van der Waals surface area contributed by atoms with Gasteiger partial charge in [-0.1, -0.05) is 0 Å². The Hall–Kier alpha value is -1.89. The van der Waals surface area contributed by atoms with Crippen LogP contribution < -0.4 is 11.1 Å². The van der Waals surface area contributed by atoms with E-state index in [4.69, 9.17) is 10.8 Å². The highest BCUT2D eigenvalue weighted by Gasteiger charge is 2.16. The topological polar surface area (TPSA) is 110 Å². The molecule has 0 aromatic carbocycles. The fourth-order valence-electron chi connectivity index (χ4n) is 1.47. The summed E-state index contributed by atoms with van der Waals surface area (Å²) >= 11 is 0. The van der Waals surface area contributed by atoms with Crippen molar-refractivity contribution in [3.63, 3.8) is 0 Å². The Bertz CT molecular complexity index is 416. The van der Waals surface area contributed by atoms with Crippen LogP contribution in [0.3, 0.4) is 0 Å². The van der Waals surface area contributed by atoms with Gasteiger partial charge >= 0.3 is 5.97 Å². The van der Waals surface area contributed by atoms with E-state index in [1.807, 2.05) is 0 Å². The molecular weight excluding hydrogens is 236 g/mol. The highest BCUT2D eigenvalue weighted by atomic mass is 16.4. The molecule has 18 heavy (non-hydrogen) atoms. The third kappa shape index (κ3) is 4.54. The number of nitrogens with zero attached hydrogens (tertiary/aromatic N) is 2. The van der Waals surface area contributed by atoms with Gasteiger partial charge in [-0.3, -0.25) is 14.3 Å². The van der Waals surface area contributed by atoms with Crippen LogP contribution in [0.15, 0.2) is 12.4 Å². The van der Waals surface area contributed by atoms with Crippen LogP contribution in [0, 0.1) is 0 Å². The van der Waals surface area contributed by atoms with E-state index in [0.29, 0.717) is 24.9 Å². The van der Waals surface area contributed by atoms with Crippen LogP contribution in [0.4, 0.5) is 0 Å². The Morgan fingerprint density at radius 1 is 1.56 bits per heavy atom. The number of nitrogens with one attached hydrogen (secondary N) is 1. The van der Waals surface area contributed by atoms with E-state index in [0.717, 1.165) is 0 Å². The Morgan fingerprint density at radius 3 is 2.83 bits per heavy atom. The third-order valence-corrected chi connectivity index (χ3v) is 2.48. The van der Waals surface area contributed by atoms with Gasteiger partial charge in [-0.2, -0.15) is 5.10 Å². The fraction of sp³-hybridized carbons (Fsp3) is 0.545. The molecule has 100 valence electrons. The fourth-order valence-corrected chi connectivity index (χ4v) is 1.47. The lowest BCUT2D eigenvalue weighted by Gasteiger charge is -2.10. The number of carboxylic acids is 1. The number of unbranched alkanes of at least 4 members (excludes halogenated alkanes) is 1. The van der Waals surface area contributed by atoms with E-state index in [2.05, 4.69) is 10.4 Å². The molecule has 1 aromatic heterocycles. The molecule has 0 saturated carbocycles. The molecule has 7 nitrogen and oxygen atoms in total. The number of amides is 1. The lowest BCUT2D eigenvalue weighted by atomic mass is 10.1. The molecule has 1 amide bonds. The molecule has 1 rings (SSSR count). The molecule has 1 heterocycles. The van der Waals surface area contributed by atoms with Gasteiger partial charge in [0.15, 0.2) is 0 Å².